The molecule has 2 nitrogen and oxygen atoms in total. The summed E-state index contributed by atoms with van der Waals surface area (Å²) in [5, 5.41) is 0. The van der Waals surface area contributed by atoms with Crippen molar-refractivity contribution in [1.82, 2.24) is 0 Å². The van der Waals surface area contributed by atoms with Gasteiger partial charge in [0.2, 0.25) is 0 Å². The Bertz CT molecular complexity index is 559. The van der Waals surface area contributed by atoms with Gasteiger partial charge in [-0.15, -0.1) is 0 Å². The molecule has 0 fully saturated rings. The summed E-state index contributed by atoms with van der Waals surface area (Å²) in [4.78, 5) is 12.1. The van der Waals surface area contributed by atoms with Gasteiger partial charge in [0.25, 0.3) is 0 Å². The van der Waals surface area contributed by atoms with E-state index in [1.807, 2.05) is 32.9 Å². The predicted octanol–water partition coefficient (Wildman–Crippen LogP) is 4.48. The molecule has 0 radical (unpaired) electrons. The number of carbonyl (C=O) groups excluding carboxylic acids is 1. The highest BCUT2D eigenvalue weighted by Gasteiger charge is 2.22. The number of hydrogen-bond acceptors (Lipinski definition) is 2. The van der Waals surface area contributed by atoms with Crippen LogP contribution in [0.25, 0.3) is 6.08 Å². The van der Waals surface area contributed by atoms with Crippen molar-refractivity contribution in [3.05, 3.63) is 53.1 Å². The van der Waals surface area contributed by atoms with Gasteiger partial charge in [-0.2, -0.15) is 0 Å². The molecule has 0 aliphatic heterocycles. The molecule has 0 bridgehead atoms. The average Bonchev–Trinajstić information content (AvgIpc) is 2.47. The Labute approximate surface area is 121 Å². The maximum atomic E-state index is 12.1. The second-order valence-electron chi connectivity index (χ2n) is 6.27. The van der Waals surface area contributed by atoms with Gasteiger partial charge in [0.05, 0.1) is 6.42 Å². The third-order valence-corrected chi connectivity index (χ3v) is 3.19. The number of allylic oxidation sites excluding steroid dienone is 3. The van der Waals surface area contributed by atoms with Crippen molar-refractivity contribution >= 4 is 12.0 Å². The lowest BCUT2D eigenvalue weighted by Gasteiger charge is -2.22. The zero-order chi connectivity index (χ0) is 14.8. The molecule has 0 heterocycles. The highest BCUT2D eigenvalue weighted by Crippen LogP contribution is 2.30. The van der Waals surface area contributed by atoms with Crippen LogP contribution in [0.3, 0.4) is 0 Å². The van der Waals surface area contributed by atoms with Crippen molar-refractivity contribution in [3.8, 4) is 0 Å². The second kappa shape index (κ2) is 5.66. The fourth-order valence-electron chi connectivity index (χ4n) is 2.42. The lowest BCUT2D eigenvalue weighted by atomic mass is 9.91. The lowest BCUT2D eigenvalue weighted by Crippen LogP contribution is -2.24. The number of fused-ring (bicyclic) bond motifs is 1. The molecule has 0 aromatic heterocycles. The second-order valence-corrected chi connectivity index (χ2v) is 6.27. The van der Waals surface area contributed by atoms with Crippen LogP contribution in [0.1, 0.15) is 51.2 Å². The summed E-state index contributed by atoms with van der Waals surface area (Å²) >= 11 is 0. The van der Waals surface area contributed by atoms with Crippen LogP contribution in [-0.2, 0) is 9.53 Å². The minimum Gasteiger partial charge on any atom is -0.460 e. The molecule has 0 saturated heterocycles. The monoisotopic (exact) mass is 270 g/mol. The van der Waals surface area contributed by atoms with Gasteiger partial charge in [-0.05, 0) is 38.8 Å². The van der Waals surface area contributed by atoms with Crippen molar-refractivity contribution in [2.75, 3.05) is 0 Å². The number of hydrogen-bond donors (Lipinski definition) is 0. The third kappa shape index (κ3) is 3.83. The van der Waals surface area contributed by atoms with E-state index in [9.17, 15) is 4.79 Å². The third-order valence-electron chi connectivity index (χ3n) is 3.19. The SMILES string of the molecule is CC1=CC(CC(=O)OC(C)(C)C)c2ccccc2C=C1. The molecule has 1 aromatic carbocycles. The van der Waals surface area contributed by atoms with E-state index in [4.69, 9.17) is 4.74 Å². The molecule has 2 rings (SSSR count). The Morgan fingerprint density at radius 2 is 1.90 bits per heavy atom. The minimum atomic E-state index is -0.432. The number of benzene rings is 1. The molecule has 1 unspecified atom stereocenters. The van der Waals surface area contributed by atoms with Crippen LogP contribution in [0, 0.1) is 0 Å². The highest BCUT2D eigenvalue weighted by molar-refractivity contribution is 5.73. The largest absolute Gasteiger partial charge is 0.460 e. The minimum absolute atomic E-state index is 0.0797. The number of carbonyl (C=O) groups is 1. The topological polar surface area (TPSA) is 26.3 Å². The summed E-state index contributed by atoms with van der Waals surface area (Å²) < 4.78 is 5.44. The molecule has 1 aromatic rings. The van der Waals surface area contributed by atoms with E-state index in [1.54, 1.807) is 0 Å². The molecule has 0 saturated carbocycles. The summed E-state index contributed by atoms with van der Waals surface area (Å²) in [5.41, 5.74) is 3.11. The normalized spacial score (nSPS) is 18.0. The zero-order valence-corrected chi connectivity index (χ0v) is 12.6. The van der Waals surface area contributed by atoms with Gasteiger partial charge in [-0.25, -0.2) is 0 Å². The Hall–Kier alpha value is -1.83. The summed E-state index contributed by atoms with van der Waals surface area (Å²) in [6.07, 6.45) is 6.73. The standard InChI is InChI=1S/C18H22O2/c1-13-9-10-14-7-5-6-8-16(14)15(11-13)12-17(19)20-18(2,3)4/h5-11,15H,12H2,1-4H3. The maximum Gasteiger partial charge on any atom is 0.307 e. The molecule has 1 aliphatic rings. The van der Waals surface area contributed by atoms with Gasteiger partial charge in [0.15, 0.2) is 0 Å². The van der Waals surface area contributed by atoms with Crippen molar-refractivity contribution in [1.29, 1.82) is 0 Å². The Morgan fingerprint density at radius 1 is 1.20 bits per heavy atom. The first-order valence-corrected chi connectivity index (χ1v) is 7.02. The summed E-state index contributed by atoms with van der Waals surface area (Å²) in [7, 11) is 0. The van der Waals surface area contributed by atoms with Crippen LogP contribution in [0.2, 0.25) is 0 Å². The summed E-state index contributed by atoms with van der Waals surface area (Å²) in [6.45, 7) is 7.75. The van der Waals surface area contributed by atoms with Crippen LogP contribution >= 0.6 is 0 Å². The van der Waals surface area contributed by atoms with Crippen LogP contribution in [0.5, 0.6) is 0 Å². The molecule has 1 atom stereocenters. The molecule has 106 valence electrons. The number of esters is 1. The van der Waals surface area contributed by atoms with Gasteiger partial charge in [0.1, 0.15) is 5.60 Å². The summed E-state index contributed by atoms with van der Waals surface area (Å²) in [5.74, 6) is -0.0701. The van der Waals surface area contributed by atoms with E-state index in [0.29, 0.717) is 6.42 Å². The Morgan fingerprint density at radius 3 is 2.60 bits per heavy atom. The van der Waals surface area contributed by atoms with E-state index in [2.05, 4.69) is 37.3 Å². The smallest absolute Gasteiger partial charge is 0.307 e. The first-order chi connectivity index (χ1) is 9.35. The fraction of sp³-hybridized carbons (Fsp3) is 0.389. The quantitative estimate of drug-likeness (QED) is 0.741. The van der Waals surface area contributed by atoms with Crippen molar-refractivity contribution in [3.63, 3.8) is 0 Å². The first kappa shape index (κ1) is 14.6. The van der Waals surface area contributed by atoms with E-state index >= 15 is 0 Å². The van der Waals surface area contributed by atoms with Gasteiger partial charge >= 0.3 is 5.97 Å². The lowest BCUT2D eigenvalue weighted by molar-refractivity contribution is -0.155. The van der Waals surface area contributed by atoms with Crippen molar-refractivity contribution < 1.29 is 9.53 Å². The molecule has 0 spiro atoms. The number of rotatable bonds is 2. The molecular formula is C18H22O2. The van der Waals surface area contributed by atoms with Gasteiger partial charge in [-0.1, -0.05) is 48.1 Å². The Kier molecular flexibility index (Phi) is 4.12. The highest BCUT2D eigenvalue weighted by atomic mass is 16.6. The fourth-order valence-corrected chi connectivity index (χ4v) is 2.42. The molecule has 2 heteroatoms. The van der Waals surface area contributed by atoms with E-state index in [0.717, 1.165) is 0 Å². The van der Waals surface area contributed by atoms with Crippen molar-refractivity contribution in [2.45, 2.75) is 45.6 Å². The summed E-state index contributed by atoms with van der Waals surface area (Å²) in [6, 6.07) is 8.21. The van der Waals surface area contributed by atoms with Crippen LogP contribution in [0.15, 0.2) is 42.0 Å². The van der Waals surface area contributed by atoms with Crippen LogP contribution in [0.4, 0.5) is 0 Å². The molecule has 0 amide bonds. The predicted molar refractivity (Wildman–Crippen MR) is 82.4 cm³/mol. The van der Waals surface area contributed by atoms with Gasteiger partial charge < -0.3 is 4.74 Å². The van der Waals surface area contributed by atoms with E-state index in [-0.39, 0.29) is 11.9 Å². The first-order valence-electron chi connectivity index (χ1n) is 7.02. The average molecular weight is 270 g/mol. The van der Waals surface area contributed by atoms with E-state index in [1.165, 1.54) is 16.7 Å². The molecule has 1 aliphatic carbocycles. The Balaban J connectivity index is 2.23. The zero-order valence-electron chi connectivity index (χ0n) is 12.6. The molecule has 20 heavy (non-hydrogen) atoms. The van der Waals surface area contributed by atoms with Crippen LogP contribution in [-0.4, -0.2) is 11.6 Å². The molecular weight excluding hydrogens is 248 g/mol. The van der Waals surface area contributed by atoms with Gasteiger partial charge in [0, 0.05) is 5.92 Å². The van der Waals surface area contributed by atoms with Crippen molar-refractivity contribution in [2.24, 2.45) is 0 Å². The maximum absolute atomic E-state index is 12.1. The van der Waals surface area contributed by atoms with Gasteiger partial charge in [-0.3, -0.25) is 4.79 Å². The van der Waals surface area contributed by atoms with Crippen LogP contribution < -0.4 is 0 Å². The molecule has 0 N–H and O–H groups in total. The van der Waals surface area contributed by atoms with E-state index < -0.39 is 5.60 Å². The number of ether oxygens (including phenoxy) is 1.